The molecule has 1 aromatic heterocycles. The average Bonchev–Trinajstić information content (AvgIpc) is 3.12. The van der Waals surface area contributed by atoms with Crippen molar-refractivity contribution < 1.29 is 14.5 Å². The van der Waals surface area contributed by atoms with E-state index >= 15 is 0 Å². The van der Waals surface area contributed by atoms with Crippen LogP contribution in [-0.4, -0.2) is 17.2 Å². The van der Waals surface area contributed by atoms with Crippen molar-refractivity contribution in [2.75, 3.05) is 0 Å². The molecule has 5 rings (SSSR count). The minimum absolute atomic E-state index is 0.369. The number of hydrogen-bond acceptors (Lipinski definition) is 3. The van der Waals surface area contributed by atoms with Crippen LogP contribution in [0.5, 0.6) is 0 Å². The zero-order valence-electron chi connectivity index (χ0n) is 15.0. The topological polar surface area (TPSA) is 53.6 Å². The van der Waals surface area contributed by atoms with Crippen molar-refractivity contribution in [3.63, 3.8) is 0 Å². The Kier molecular flexibility index (Phi) is 4.01. The summed E-state index contributed by atoms with van der Waals surface area (Å²) in [5.41, 5.74) is 5.75. The third kappa shape index (κ3) is 2.80. The third-order valence-corrected chi connectivity index (χ3v) is 5.09. The van der Waals surface area contributed by atoms with Crippen LogP contribution in [0.4, 0.5) is 0 Å². The van der Waals surface area contributed by atoms with Gasteiger partial charge in [0.1, 0.15) is 11.2 Å². The first-order valence-corrected chi connectivity index (χ1v) is 9.18. The highest BCUT2D eigenvalue weighted by Gasteiger charge is 2.21. The molecule has 0 saturated carbocycles. The van der Waals surface area contributed by atoms with Gasteiger partial charge in [-0.25, -0.2) is 0 Å². The Balaban J connectivity index is 1.80. The van der Waals surface area contributed by atoms with Gasteiger partial charge < -0.3 is 14.5 Å². The maximum atomic E-state index is 9.95. The molecule has 0 radical (unpaired) electrons. The number of rotatable bonds is 3. The number of fused-ring (bicyclic) bond motifs is 3. The van der Waals surface area contributed by atoms with Gasteiger partial charge in [0.05, 0.1) is 0 Å². The summed E-state index contributed by atoms with van der Waals surface area (Å²) in [6.45, 7) is 0. The van der Waals surface area contributed by atoms with E-state index in [9.17, 15) is 10.0 Å². The molecule has 5 aromatic rings. The molecule has 0 aliphatic rings. The summed E-state index contributed by atoms with van der Waals surface area (Å²) in [6, 6.07) is 30.0. The second kappa shape index (κ2) is 6.68. The average molecular weight is 364 g/mol. The van der Waals surface area contributed by atoms with Crippen LogP contribution < -0.4 is 5.46 Å². The lowest BCUT2D eigenvalue weighted by molar-refractivity contribution is 0.425. The van der Waals surface area contributed by atoms with E-state index in [1.807, 2.05) is 60.7 Å². The molecule has 1 heterocycles. The lowest BCUT2D eigenvalue weighted by atomic mass is 9.77. The lowest BCUT2D eigenvalue weighted by Gasteiger charge is -2.07. The maximum absolute atomic E-state index is 9.95. The van der Waals surface area contributed by atoms with Crippen molar-refractivity contribution in [1.29, 1.82) is 0 Å². The summed E-state index contributed by atoms with van der Waals surface area (Å²) < 4.78 is 6.01. The van der Waals surface area contributed by atoms with E-state index in [2.05, 4.69) is 24.3 Å². The fourth-order valence-electron chi connectivity index (χ4n) is 3.70. The zero-order valence-corrected chi connectivity index (χ0v) is 15.0. The summed E-state index contributed by atoms with van der Waals surface area (Å²) in [5, 5.41) is 21.7. The first-order valence-electron chi connectivity index (χ1n) is 9.18. The highest BCUT2D eigenvalue weighted by molar-refractivity contribution is 6.62. The maximum Gasteiger partial charge on any atom is 0.492 e. The van der Waals surface area contributed by atoms with Crippen LogP contribution in [0.2, 0.25) is 0 Å². The van der Waals surface area contributed by atoms with E-state index in [1.165, 1.54) is 0 Å². The molecule has 2 N–H and O–H groups in total. The van der Waals surface area contributed by atoms with E-state index in [1.54, 1.807) is 6.07 Å². The second-order valence-electron chi connectivity index (χ2n) is 6.86. The molecule has 3 nitrogen and oxygen atoms in total. The monoisotopic (exact) mass is 364 g/mol. The van der Waals surface area contributed by atoms with Gasteiger partial charge in [0.25, 0.3) is 0 Å². The van der Waals surface area contributed by atoms with Crippen LogP contribution in [0, 0.1) is 0 Å². The molecule has 0 atom stereocenters. The van der Waals surface area contributed by atoms with Crippen LogP contribution in [0.3, 0.4) is 0 Å². The van der Waals surface area contributed by atoms with Gasteiger partial charge in [-0.2, -0.15) is 0 Å². The Morgan fingerprint density at radius 1 is 0.571 bits per heavy atom. The van der Waals surface area contributed by atoms with Gasteiger partial charge >= 0.3 is 7.12 Å². The Morgan fingerprint density at radius 2 is 1.18 bits per heavy atom. The fourth-order valence-corrected chi connectivity index (χ4v) is 3.70. The molecule has 134 valence electrons. The molecule has 0 amide bonds. The molecule has 0 saturated heterocycles. The molecular formula is C24H17BO3. The standard InChI is InChI=1S/C24H17BO3/c26-25(27)22-15-19(17-9-5-2-6-10-17)14-21-20-13-18(16-7-3-1-4-8-16)11-12-23(20)28-24(21)22/h1-15,26-27H. The number of benzene rings is 4. The third-order valence-electron chi connectivity index (χ3n) is 5.09. The minimum Gasteiger partial charge on any atom is -0.456 e. The van der Waals surface area contributed by atoms with Crippen molar-refractivity contribution in [2.45, 2.75) is 0 Å². The SMILES string of the molecule is OB(O)c1cc(-c2ccccc2)cc2c1oc1ccc(-c3ccccc3)cc12. The van der Waals surface area contributed by atoms with Gasteiger partial charge in [-0.3, -0.25) is 0 Å². The number of furan rings is 1. The highest BCUT2D eigenvalue weighted by atomic mass is 16.4. The van der Waals surface area contributed by atoms with Crippen LogP contribution >= 0.6 is 0 Å². The molecule has 28 heavy (non-hydrogen) atoms. The minimum atomic E-state index is -1.61. The molecule has 0 fully saturated rings. The van der Waals surface area contributed by atoms with Crippen LogP contribution in [0.1, 0.15) is 0 Å². The van der Waals surface area contributed by atoms with Gasteiger partial charge in [0.2, 0.25) is 0 Å². The van der Waals surface area contributed by atoms with Crippen molar-refractivity contribution in [1.82, 2.24) is 0 Å². The van der Waals surface area contributed by atoms with Crippen molar-refractivity contribution in [3.05, 3.63) is 91.0 Å². The Morgan fingerprint density at radius 3 is 1.82 bits per heavy atom. The largest absolute Gasteiger partial charge is 0.492 e. The van der Waals surface area contributed by atoms with E-state index in [4.69, 9.17) is 4.42 Å². The van der Waals surface area contributed by atoms with Crippen LogP contribution in [0.25, 0.3) is 44.2 Å². The zero-order chi connectivity index (χ0) is 19.1. The van der Waals surface area contributed by atoms with Crippen molar-refractivity contribution >= 4 is 34.5 Å². The van der Waals surface area contributed by atoms with E-state index in [0.29, 0.717) is 11.0 Å². The molecule has 0 aliphatic heterocycles. The van der Waals surface area contributed by atoms with Gasteiger partial charge in [-0.15, -0.1) is 0 Å². The summed E-state index contributed by atoms with van der Waals surface area (Å²) in [6.07, 6.45) is 0. The molecule has 0 aliphatic carbocycles. The van der Waals surface area contributed by atoms with Crippen molar-refractivity contribution in [3.8, 4) is 22.3 Å². The van der Waals surface area contributed by atoms with Crippen molar-refractivity contribution in [2.24, 2.45) is 0 Å². The summed E-state index contributed by atoms with van der Waals surface area (Å²) in [5.74, 6) is 0. The Labute approximate surface area is 162 Å². The second-order valence-corrected chi connectivity index (χ2v) is 6.86. The predicted molar refractivity (Wildman–Crippen MR) is 114 cm³/mol. The highest BCUT2D eigenvalue weighted by Crippen LogP contribution is 2.34. The Bertz CT molecular complexity index is 1280. The normalized spacial score (nSPS) is 11.2. The molecular weight excluding hydrogens is 347 g/mol. The van der Waals surface area contributed by atoms with Gasteiger partial charge in [0, 0.05) is 16.2 Å². The van der Waals surface area contributed by atoms with Crippen LogP contribution in [0.15, 0.2) is 95.4 Å². The first kappa shape index (κ1) is 16.8. The number of hydrogen-bond donors (Lipinski definition) is 2. The molecule has 4 heteroatoms. The lowest BCUT2D eigenvalue weighted by Crippen LogP contribution is -2.30. The van der Waals surface area contributed by atoms with E-state index < -0.39 is 7.12 Å². The molecule has 0 spiro atoms. The van der Waals surface area contributed by atoms with Gasteiger partial charge in [0.15, 0.2) is 0 Å². The smallest absolute Gasteiger partial charge is 0.456 e. The summed E-state index contributed by atoms with van der Waals surface area (Å²) in [7, 11) is -1.61. The first-order chi connectivity index (χ1) is 13.7. The summed E-state index contributed by atoms with van der Waals surface area (Å²) >= 11 is 0. The van der Waals surface area contributed by atoms with Gasteiger partial charge in [-0.1, -0.05) is 72.8 Å². The summed E-state index contributed by atoms with van der Waals surface area (Å²) in [4.78, 5) is 0. The molecule has 4 aromatic carbocycles. The Hall–Kier alpha value is -3.34. The van der Waals surface area contributed by atoms with Gasteiger partial charge in [-0.05, 0) is 40.5 Å². The molecule has 0 bridgehead atoms. The quantitative estimate of drug-likeness (QED) is 0.460. The van der Waals surface area contributed by atoms with E-state index in [0.717, 1.165) is 38.6 Å². The molecule has 0 unspecified atom stereocenters. The predicted octanol–water partition coefficient (Wildman–Crippen LogP) is 4.60. The fraction of sp³-hybridized carbons (Fsp3) is 0. The van der Waals surface area contributed by atoms with E-state index in [-0.39, 0.29) is 0 Å². The van der Waals surface area contributed by atoms with Crippen LogP contribution in [-0.2, 0) is 0 Å².